The van der Waals surface area contributed by atoms with Crippen molar-refractivity contribution in [2.45, 2.75) is 52.0 Å². The maximum Gasteiger partial charge on any atom is 0.328 e. The number of carboxylic acid groups (broad SMARTS) is 2. The number of carboxylic acids is 2. The molecule has 0 radical (unpaired) electrons. The third kappa shape index (κ3) is 12.4. The Morgan fingerprint density at radius 3 is 1.96 bits per heavy atom. The highest BCUT2D eigenvalue weighted by Crippen LogP contribution is 2.10. The molecule has 134 valence electrons. The number of unbranched alkanes of at least 4 members (excludes halogenated alkanes) is 2. The van der Waals surface area contributed by atoms with Crippen LogP contribution in [-0.2, 0) is 22.4 Å². The predicted molar refractivity (Wildman–Crippen MR) is 96.3 cm³/mol. The van der Waals surface area contributed by atoms with Crippen LogP contribution in [-0.4, -0.2) is 35.2 Å². The lowest BCUT2D eigenvalue weighted by atomic mass is 10.0. The van der Waals surface area contributed by atoms with Gasteiger partial charge >= 0.3 is 11.9 Å². The van der Waals surface area contributed by atoms with E-state index in [1.165, 1.54) is 36.8 Å². The van der Waals surface area contributed by atoms with Crippen LogP contribution in [0.4, 0.5) is 0 Å². The molecule has 0 bridgehead atoms. The summed E-state index contributed by atoms with van der Waals surface area (Å²) in [7, 11) is 2.02. The summed E-state index contributed by atoms with van der Waals surface area (Å²) in [6.07, 6.45) is 7.44. The number of benzene rings is 1. The first kappa shape index (κ1) is 21.9. The minimum absolute atomic E-state index is 0.558. The first-order chi connectivity index (χ1) is 11.4. The zero-order chi connectivity index (χ0) is 18.4. The predicted octanol–water partition coefficient (Wildman–Crippen LogP) is 3.28. The normalized spacial score (nSPS) is 11.6. The molecule has 0 aromatic heterocycles. The van der Waals surface area contributed by atoms with Crippen LogP contribution in [0.25, 0.3) is 0 Å². The zero-order valence-corrected chi connectivity index (χ0v) is 14.8. The van der Waals surface area contributed by atoms with Gasteiger partial charge in [-0.1, -0.05) is 44.0 Å². The molecule has 0 heterocycles. The summed E-state index contributed by atoms with van der Waals surface area (Å²) >= 11 is 0. The summed E-state index contributed by atoms with van der Waals surface area (Å²) < 4.78 is 0. The van der Waals surface area contributed by atoms with Gasteiger partial charge in [0.2, 0.25) is 0 Å². The SMILES string of the molecule is CCCCCc1ccc(C[C@@H](C)NC)cc1.O=C(O)/C=C\C(=O)O. The summed E-state index contributed by atoms with van der Waals surface area (Å²) in [4.78, 5) is 19.1. The van der Waals surface area contributed by atoms with Crippen LogP contribution in [0.2, 0.25) is 0 Å². The highest BCUT2D eigenvalue weighted by atomic mass is 16.4. The lowest BCUT2D eigenvalue weighted by Gasteiger charge is -2.10. The van der Waals surface area contributed by atoms with Gasteiger partial charge in [-0.2, -0.15) is 0 Å². The molecule has 0 spiro atoms. The number of nitrogens with one attached hydrogen (secondary N) is 1. The highest BCUT2D eigenvalue weighted by molar-refractivity contribution is 5.89. The third-order valence-corrected chi connectivity index (χ3v) is 3.50. The molecule has 1 rings (SSSR count). The molecule has 5 nitrogen and oxygen atoms in total. The van der Waals surface area contributed by atoms with E-state index < -0.39 is 11.9 Å². The van der Waals surface area contributed by atoms with Crippen molar-refractivity contribution in [3.63, 3.8) is 0 Å². The van der Waals surface area contributed by atoms with Gasteiger partial charge in [-0.15, -0.1) is 0 Å². The van der Waals surface area contributed by atoms with Crippen molar-refractivity contribution in [1.29, 1.82) is 0 Å². The van der Waals surface area contributed by atoms with Crippen molar-refractivity contribution in [3.8, 4) is 0 Å². The van der Waals surface area contributed by atoms with Gasteiger partial charge in [0.25, 0.3) is 0 Å². The third-order valence-electron chi connectivity index (χ3n) is 3.50. The van der Waals surface area contributed by atoms with Crippen molar-refractivity contribution in [2.24, 2.45) is 0 Å². The molecule has 1 atom stereocenters. The monoisotopic (exact) mass is 335 g/mol. The highest BCUT2D eigenvalue weighted by Gasteiger charge is 2.00. The molecule has 0 aliphatic carbocycles. The van der Waals surface area contributed by atoms with Crippen LogP contribution < -0.4 is 5.32 Å². The van der Waals surface area contributed by atoms with Crippen molar-refractivity contribution in [2.75, 3.05) is 7.05 Å². The number of aryl methyl sites for hydroxylation is 1. The quantitative estimate of drug-likeness (QED) is 0.476. The molecule has 0 unspecified atom stereocenters. The molecule has 0 fully saturated rings. The molecule has 1 aromatic carbocycles. The van der Waals surface area contributed by atoms with Crippen LogP contribution in [0.3, 0.4) is 0 Å². The van der Waals surface area contributed by atoms with Gasteiger partial charge < -0.3 is 15.5 Å². The number of carbonyl (C=O) groups is 2. The molecule has 24 heavy (non-hydrogen) atoms. The summed E-state index contributed by atoms with van der Waals surface area (Å²) in [6.45, 7) is 4.47. The van der Waals surface area contributed by atoms with E-state index in [9.17, 15) is 9.59 Å². The molecule has 0 saturated heterocycles. The molecule has 0 aliphatic heterocycles. The van der Waals surface area contributed by atoms with Crippen molar-refractivity contribution < 1.29 is 19.8 Å². The van der Waals surface area contributed by atoms with Gasteiger partial charge in [0.1, 0.15) is 0 Å². The largest absolute Gasteiger partial charge is 0.478 e. The van der Waals surface area contributed by atoms with Gasteiger partial charge in [0, 0.05) is 18.2 Å². The minimum Gasteiger partial charge on any atom is -0.478 e. The second kappa shape index (κ2) is 13.3. The van der Waals surface area contributed by atoms with E-state index >= 15 is 0 Å². The molecule has 0 aliphatic rings. The lowest BCUT2D eigenvalue weighted by molar-refractivity contribution is -0.134. The Kier molecular flexibility index (Phi) is 12.1. The molecular weight excluding hydrogens is 306 g/mol. The van der Waals surface area contributed by atoms with Crippen LogP contribution in [0.15, 0.2) is 36.4 Å². The van der Waals surface area contributed by atoms with E-state index in [4.69, 9.17) is 10.2 Å². The Balaban J connectivity index is 0.000000561. The lowest BCUT2D eigenvalue weighted by Crippen LogP contribution is -2.23. The Labute approximate surface area is 144 Å². The molecule has 3 N–H and O–H groups in total. The van der Waals surface area contributed by atoms with Gasteiger partial charge in [-0.3, -0.25) is 0 Å². The standard InChI is InChI=1S/C15H25N.C4H4O4/c1-4-5-6-7-14-8-10-15(11-9-14)12-13(2)16-3;5-3(6)1-2-4(7)8/h8-11,13,16H,4-7,12H2,1-3H3;1-2H,(H,5,6)(H,7,8)/b;2-1-/t13-;/m1./s1. The van der Waals surface area contributed by atoms with Gasteiger partial charge in [-0.05, 0) is 44.4 Å². The fraction of sp³-hybridized carbons (Fsp3) is 0.474. The van der Waals surface area contributed by atoms with E-state index in [0.29, 0.717) is 18.2 Å². The average Bonchev–Trinajstić information content (AvgIpc) is 2.55. The fourth-order valence-corrected chi connectivity index (χ4v) is 2.02. The van der Waals surface area contributed by atoms with Crippen molar-refractivity contribution in [1.82, 2.24) is 5.32 Å². The average molecular weight is 335 g/mol. The molecule has 0 amide bonds. The van der Waals surface area contributed by atoms with Crippen LogP contribution in [0.1, 0.15) is 44.2 Å². The summed E-state index contributed by atoms with van der Waals surface area (Å²) in [5, 5.41) is 18.9. The van der Waals surface area contributed by atoms with Crippen molar-refractivity contribution >= 4 is 11.9 Å². The van der Waals surface area contributed by atoms with E-state index in [1.54, 1.807) is 0 Å². The van der Waals surface area contributed by atoms with Crippen LogP contribution in [0, 0.1) is 0 Å². The second-order valence-electron chi connectivity index (χ2n) is 5.68. The number of hydrogen-bond acceptors (Lipinski definition) is 3. The smallest absolute Gasteiger partial charge is 0.328 e. The first-order valence-corrected chi connectivity index (χ1v) is 8.28. The van der Waals surface area contributed by atoms with E-state index in [1.807, 2.05) is 7.05 Å². The van der Waals surface area contributed by atoms with Crippen molar-refractivity contribution in [3.05, 3.63) is 47.5 Å². The molecule has 0 saturated carbocycles. The Hall–Kier alpha value is -2.14. The van der Waals surface area contributed by atoms with E-state index in [2.05, 4.69) is 43.4 Å². The second-order valence-corrected chi connectivity index (χ2v) is 5.68. The Morgan fingerprint density at radius 1 is 1.04 bits per heavy atom. The van der Waals surface area contributed by atoms with E-state index in [-0.39, 0.29) is 0 Å². The summed E-state index contributed by atoms with van der Waals surface area (Å²) in [5.74, 6) is -2.51. The molecular formula is C19H29NO4. The number of hydrogen-bond donors (Lipinski definition) is 3. The summed E-state index contributed by atoms with van der Waals surface area (Å²) in [5.41, 5.74) is 2.91. The first-order valence-electron chi connectivity index (χ1n) is 8.28. The topological polar surface area (TPSA) is 86.6 Å². The van der Waals surface area contributed by atoms with Crippen LogP contribution >= 0.6 is 0 Å². The molecule has 5 heteroatoms. The summed E-state index contributed by atoms with van der Waals surface area (Å²) in [6, 6.07) is 9.68. The number of rotatable bonds is 9. The maximum absolute atomic E-state index is 9.55. The minimum atomic E-state index is -1.26. The maximum atomic E-state index is 9.55. The van der Waals surface area contributed by atoms with E-state index in [0.717, 1.165) is 6.42 Å². The zero-order valence-electron chi connectivity index (χ0n) is 14.8. The van der Waals surface area contributed by atoms with Gasteiger partial charge in [0.15, 0.2) is 0 Å². The Morgan fingerprint density at radius 2 is 1.54 bits per heavy atom. The van der Waals surface area contributed by atoms with Crippen LogP contribution in [0.5, 0.6) is 0 Å². The van der Waals surface area contributed by atoms with Gasteiger partial charge in [0.05, 0.1) is 0 Å². The fourth-order valence-electron chi connectivity index (χ4n) is 2.02. The molecule has 1 aromatic rings. The number of likely N-dealkylation sites (N-methyl/N-ethyl adjacent to an activating group) is 1. The number of aliphatic carboxylic acids is 2. The Bertz CT molecular complexity index is 493. The van der Waals surface area contributed by atoms with Gasteiger partial charge in [-0.25, -0.2) is 9.59 Å².